The van der Waals surface area contributed by atoms with E-state index in [-0.39, 0.29) is 17.1 Å². The van der Waals surface area contributed by atoms with Crippen molar-refractivity contribution in [1.29, 1.82) is 5.26 Å². The van der Waals surface area contributed by atoms with Crippen LogP contribution in [0, 0.1) is 18.3 Å². The van der Waals surface area contributed by atoms with Crippen LogP contribution in [0.2, 0.25) is 0 Å². The highest BCUT2D eigenvalue weighted by Crippen LogP contribution is 2.24. The van der Waals surface area contributed by atoms with Gasteiger partial charge in [-0.05, 0) is 25.1 Å². The Morgan fingerprint density at radius 3 is 2.71 bits per heavy atom. The van der Waals surface area contributed by atoms with Crippen molar-refractivity contribution in [1.82, 2.24) is 9.29 Å². The number of thiazole rings is 1. The van der Waals surface area contributed by atoms with Crippen LogP contribution in [0.25, 0.3) is 0 Å². The first-order valence-corrected chi connectivity index (χ1v) is 8.33. The number of hydrogen-bond donors (Lipinski definition) is 1. The van der Waals surface area contributed by atoms with Gasteiger partial charge in [-0.25, -0.2) is 13.4 Å². The van der Waals surface area contributed by atoms with E-state index in [4.69, 9.17) is 11.0 Å². The summed E-state index contributed by atoms with van der Waals surface area (Å²) in [7, 11) is -2.25. The first kappa shape index (κ1) is 15.4. The maximum Gasteiger partial charge on any atom is 0.245 e. The Hall–Kier alpha value is -1.95. The summed E-state index contributed by atoms with van der Waals surface area (Å²) in [6.45, 7) is 2.04. The molecule has 1 aromatic heterocycles. The van der Waals surface area contributed by atoms with Crippen molar-refractivity contribution < 1.29 is 8.42 Å². The molecule has 110 valence electrons. The van der Waals surface area contributed by atoms with Crippen molar-refractivity contribution in [2.24, 2.45) is 0 Å². The Bertz CT molecular complexity index is 806. The lowest BCUT2D eigenvalue weighted by molar-refractivity contribution is 0.463. The molecule has 1 heterocycles. The van der Waals surface area contributed by atoms with Crippen LogP contribution in [-0.4, -0.2) is 24.8 Å². The molecule has 0 spiro atoms. The third-order valence-corrected chi connectivity index (χ3v) is 5.58. The minimum Gasteiger partial charge on any atom is -0.398 e. The highest BCUT2D eigenvalue weighted by atomic mass is 32.2. The number of sulfonamides is 1. The third-order valence-electron chi connectivity index (χ3n) is 2.88. The van der Waals surface area contributed by atoms with E-state index in [1.165, 1.54) is 40.9 Å². The van der Waals surface area contributed by atoms with Gasteiger partial charge in [-0.15, -0.1) is 11.3 Å². The average Bonchev–Trinajstić information content (AvgIpc) is 2.83. The fourth-order valence-corrected chi connectivity index (χ4v) is 3.65. The van der Waals surface area contributed by atoms with Gasteiger partial charge in [0.25, 0.3) is 0 Å². The second kappa shape index (κ2) is 5.81. The van der Waals surface area contributed by atoms with Crippen LogP contribution in [-0.2, 0) is 16.6 Å². The zero-order valence-corrected chi connectivity index (χ0v) is 13.2. The quantitative estimate of drug-likeness (QED) is 0.864. The van der Waals surface area contributed by atoms with Gasteiger partial charge in [-0.2, -0.15) is 9.57 Å². The van der Waals surface area contributed by atoms with Gasteiger partial charge in [0.05, 0.1) is 34.6 Å². The summed E-state index contributed by atoms with van der Waals surface area (Å²) in [5.41, 5.74) is 6.83. The molecule has 0 aliphatic rings. The molecule has 0 bridgehead atoms. The number of aryl methyl sites for hydroxylation is 1. The number of anilines is 1. The predicted octanol–water partition coefficient (Wildman–Crippen LogP) is 1.73. The highest BCUT2D eigenvalue weighted by Gasteiger charge is 2.24. The molecule has 0 aliphatic carbocycles. The van der Waals surface area contributed by atoms with Crippen molar-refractivity contribution >= 4 is 27.0 Å². The van der Waals surface area contributed by atoms with E-state index >= 15 is 0 Å². The van der Waals surface area contributed by atoms with Crippen LogP contribution in [0.15, 0.2) is 28.5 Å². The molecule has 0 unspecified atom stereocenters. The minimum absolute atomic E-state index is 0.00375. The molecule has 0 aliphatic heterocycles. The first-order chi connectivity index (χ1) is 9.84. The molecule has 0 amide bonds. The molecule has 0 saturated heterocycles. The monoisotopic (exact) mass is 322 g/mol. The van der Waals surface area contributed by atoms with Crippen molar-refractivity contribution in [3.05, 3.63) is 39.8 Å². The van der Waals surface area contributed by atoms with Gasteiger partial charge in [0.1, 0.15) is 4.90 Å². The highest BCUT2D eigenvalue weighted by molar-refractivity contribution is 7.89. The molecule has 8 heteroatoms. The third kappa shape index (κ3) is 3.21. The summed E-state index contributed by atoms with van der Waals surface area (Å²) in [4.78, 5) is 4.24. The van der Waals surface area contributed by atoms with Gasteiger partial charge in [0, 0.05) is 12.4 Å². The first-order valence-electron chi connectivity index (χ1n) is 6.01. The average molecular weight is 322 g/mol. The molecule has 0 fully saturated rings. The lowest BCUT2D eigenvalue weighted by atomic mass is 10.2. The summed E-state index contributed by atoms with van der Waals surface area (Å²) >= 11 is 1.47. The van der Waals surface area contributed by atoms with Gasteiger partial charge < -0.3 is 5.73 Å². The van der Waals surface area contributed by atoms with E-state index in [0.717, 1.165) is 5.01 Å². The number of benzene rings is 1. The zero-order valence-electron chi connectivity index (χ0n) is 11.6. The Kier molecular flexibility index (Phi) is 4.27. The van der Waals surface area contributed by atoms with Gasteiger partial charge in [0.15, 0.2) is 0 Å². The molecule has 0 saturated carbocycles. The minimum atomic E-state index is -3.72. The molecule has 2 N–H and O–H groups in total. The van der Waals surface area contributed by atoms with Crippen LogP contribution >= 0.6 is 11.3 Å². The molecule has 0 atom stereocenters. The van der Waals surface area contributed by atoms with Crippen LogP contribution < -0.4 is 5.73 Å². The zero-order chi connectivity index (χ0) is 15.6. The van der Waals surface area contributed by atoms with Crippen LogP contribution in [0.5, 0.6) is 0 Å². The molecule has 1 aromatic carbocycles. The maximum atomic E-state index is 12.5. The summed E-state index contributed by atoms with van der Waals surface area (Å²) in [5.74, 6) is 0. The van der Waals surface area contributed by atoms with Crippen molar-refractivity contribution in [3.8, 4) is 6.07 Å². The largest absolute Gasteiger partial charge is 0.398 e. The van der Waals surface area contributed by atoms with Gasteiger partial charge in [0.2, 0.25) is 10.0 Å². The number of rotatable bonds is 4. The van der Waals surface area contributed by atoms with Crippen molar-refractivity contribution in [2.75, 3.05) is 12.8 Å². The fraction of sp³-hybridized carbons (Fsp3) is 0.231. The standard InChI is InChI=1S/C13H14N4O2S2/c1-9-16-11(8-20-9)7-17(2)21(18,19)13-4-3-10(6-14)5-12(13)15/h3-5,8H,7,15H2,1-2H3. The Morgan fingerprint density at radius 2 is 2.19 bits per heavy atom. The number of aromatic nitrogens is 1. The van der Waals surface area contributed by atoms with Crippen LogP contribution in [0.4, 0.5) is 5.69 Å². The van der Waals surface area contributed by atoms with Crippen LogP contribution in [0.3, 0.4) is 0 Å². The molecule has 2 rings (SSSR count). The number of hydrogen-bond acceptors (Lipinski definition) is 6. The number of nitrogens with two attached hydrogens (primary N) is 1. The molecule has 21 heavy (non-hydrogen) atoms. The summed E-state index contributed by atoms with van der Waals surface area (Å²) in [5, 5.41) is 11.5. The van der Waals surface area contributed by atoms with Gasteiger partial charge in [-0.1, -0.05) is 0 Å². The Morgan fingerprint density at radius 1 is 1.48 bits per heavy atom. The smallest absolute Gasteiger partial charge is 0.245 e. The predicted molar refractivity (Wildman–Crippen MR) is 81.1 cm³/mol. The number of nitriles is 1. The summed E-state index contributed by atoms with van der Waals surface area (Å²) in [6.07, 6.45) is 0. The van der Waals surface area contributed by atoms with Crippen molar-refractivity contribution in [2.45, 2.75) is 18.4 Å². The van der Waals surface area contributed by atoms with E-state index in [0.29, 0.717) is 11.3 Å². The summed E-state index contributed by atoms with van der Waals surface area (Å²) < 4.78 is 26.2. The van der Waals surface area contributed by atoms with E-state index in [1.807, 2.05) is 18.4 Å². The fourth-order valence-electron chi connectivity index (χ4n) is 1.81. The van der Waals surface area contributed by atoms with Crippen molar-refractivity contribution in [3.63, 3.8) is 0 Å². The van der Waals surface area contributed by atoms with Gasteiger partial charge in [-0.3, -0.25) is 0 Å². The lowest BCUT2D eigenvalue weighted by Crippen LogP contribution is -2.27. The Balaban J connectivity index is 2.31. The van der Waals surface area contributed by atoms with E-state index in [2.05, 4.69) is 4.98 Å². The number of nitrogens with zero attached hydrogens (tertiary/aromatic N) is 3. The maximum absolute atomic E-state index is 12.5. The second-order valence-electron chi connectivity index (χ2n) is 4.48. The topological polar surface area (TPSA) is 100 Å². The van der Waals surface area contributed by atoms with E-state index < -0.39 is 10.0 Å². The van der Waals surface area contributed by atoms with Gasteiger partial charge >= 0.3 is 0 Å². The molecular weight excluding hydrogens is 308 g/mol. The molecule has 6 nitrogen and oxygen atoms in total. The lowest BCUT2D eigenvalue weighted by Gasteiger charge is -2.17. The normalized spacial score (nSPS) is 11.5. The SMILES string of the molecule is Cc1nc(CN(C)S(=O)(=O)c2ccc(C#N)cc2N)cs1. The van der Waals surface area contributed by atoms with E-state index in [1.54, 1.807) is 0 Å². The number of nitrogen functional groups attached to an aromatic ring is 1. The van der Waals surface area contributed by atoms with E-state index in [9.17, 15) is 8.42 Å². The summed E-state index contributed by atoms with van der Waals surface area (Å²) in [6, 6.07) is 6.06. The molecule has 0 radical (unpaired) electrons. The molecular formula is C13H14N4O2S2. The van der Waals surface area contributed by atoms with Crippen LogP contribution in [0.1, 0.15) is 16.3 Å². The molecule has 2 aromatic rings. The Labute approximate surface area is 127 Å². The second-order valence-corrected chi connectivity index (χ2v) is 7.56.